The van der Waals surface area contributed by atoms with E-state index in [0.29, 0.717) is 24.7 Å². The molecule has 0 fully saturated rings. The highest BCUT2D eigenvalue weighted by molar-refractivity contribution is 5.36. The Labute approximate surface area is 96.8 Å². The van der Waals surface area contributed by atoms with Gasteiger partial charge in [-0.05, 0) is 0 Å². The van der Waals surface area contributed by atoms with Crippen LogP contribution in [0, 0.1) is 0 Å². The fourth-order valence-corrected chi connectivity index (χ4v) is 1.17. The minimum atomic E-state index is 0.0835. The predicted octanol–water partition coefficient (Wildman–Crippen LogP) is -1.12. The molecule has 2 aromatic heterocycles. The van der Waals surface area contributed by atoms with Gasteiger partial charge < -0.3 is 16.8 Å². The van der Waals surface area contributed by atoms with Crippen molar-refractivity contribution < 1.29 is 0 Å². The topological polar surface area (TPSA) is 141 Å². The third-order valence-electron chi connectivity index (χ3n) is 1.85. The van der Waals surface area contributed by atoms with Gasteiger partial charge in [-0.2, -0.15) is 15.0 Å². The second-order valence-electron chi connectivity index (χ2n) is 3.11. The Bertz CT molecular complexity index is 465. The zero-order valence-electron chi connectivity index (χ0n) is 8.91. The molecule has 0 unspecified atom stereocenters. The maximum Gasteiger partial charge on any atom is 0.229 e. The van der Waals surface area contributed by atoms with E-state index in [1.165, 1.54) is 12.7 Å². The van der Waals surface area contributed by atoms with Gasteiger partial charge >= 0.3 is 0 Å². The number of hydrogen-bond acceptors (Lipinski definition) is 9. The van der Waals surface area contributed by atoms with Crippen molar-refractivity contribution in [3.8, 4) is 0 Å². The van der Waals surface area contributed by atoms with Crippen LogP contribution in [-0.2, 0) is 6.42 Å². The molecule has 0 aliphatic heterocycles. The highest BCUT2D eigenvalue weighted by Crippen LogP contribution is 2.03. The van der Waals surface area contributed by atoms with Crippen molar-refractivity contribution in [2.24, 2.45) is 0 Å². The Balaban J connectivity index is 1.90. The number of rotatable bonds is 4. The van der Waals surface area contributed by atoms with Crippen molar-refractivity contribution in [2.45, 2.75) is 6.42 Å². The molecule has 9 heteroatoms. The maximum atomic E-state index is 5.43. The number of anilines is 3. The average molecular weight is 233 g/mol. The first-order chi connectivity index (χ1) is 8.24. The van der Waals surface area contributed by atoms with Crippen LogP contribution < -0.4 is 16.8 Å². The van der Waals surface area contributed by atoms with Gasteiger partial charge in [0.05, 0.1) is 0 Å². The third-order valence-corrected chi connectivity index (χ3v) is 1.85. The van der Waals surface area contributed by atoms with E-state index >= 15 is 0 Å². The number of nitrogens with zero attached hydrogens (tertiary/aromatic N) is 6. The number of aromatic nitrogens is 6. The molecule has 0 radical (unpaired) electrons. The van der Waals surface area contributed by atoms with E-state index < -0.39 is 0 Å². The van der Waals surface area contributed by atoms with Gasteiger partial charge in [0.25, 0.3) is 0 Å². The summed E-state index contributed by atoms with van der Waals surface area (Å²) in [6.07, 6.45) is 3.51. The summed E-state index contributed by atoms with van der Waals surface area (Å²) in [5.41, 5.74) is 10.9. The summed E-state index contributed by atoms with van der Waals surface area (Å²) in [7, 11) is 0. The first-order valence-electron chi connectivity index (χ1n) is 4.86. The van der Waals surface area contributed by atoms with Gasteiger partial charge in [-0.1, -0.05) is 0 Å². The highest BCUT2D eigenvalue weighted by Gasteiger charge is 2.01. The van der Waals surface area contributed by atoms with E-state index in [2.05, 4.69) is 35.2 Å². The summed E-state index contributed by atoms with van der Waals surface area (Å²) >= 11 is 0. The maximum absolute atomic E-state index is 5.43. The van der Waals surface area contributed by atoms with Crippen molar-refractivity contribution in [3.05, 3.63) is 18.5 Å². The molecule has 2 heterocycles. The lowest BCUT2D eigenvalue weighted by atomic mass is 10.4. The van der Waals surface area contributed by atoms with Crippen molar-refractivity contribution in [3.63, 3.8) is 0 Å². The third kappa shape index (κ3) is 3.19. The van der Waals surface area contributed by atoms with Gasteiger partial charge in [0.1, 0.15) is 18.5 Å². The summed E-state index contributed by atoms with van der Waals surface area (Å²) in [6, 6.07) is 0. The Kier molecular flexibility index (Phi) is 3.19. The van der Waals surface area contributed by atoms with Crippen LogP contribution in [0.3, 0.4) is 0 Å². The fraction of sp³-hybridized carbons (Fsp3) is 0.250. The molecular formula is C8H11N9. The van der Waals surface area contributed by atoms with E-state index in [0.717, 1.165) is 0 Å². The van der Waals surface area contributed by atoms with E-state index in [4.69, 9.17) is 11.5 Å². The quantitative estimate of drug-likeness (QED) is 0.598. The van der Waals surface area contributed by atoms with Gasteiger partial charge in [0, 0.05) is 13.0 Å². The zero-order chi connectivity index (χ0) is 12.1. The van der Waals surface area contributed by atoms with Gasteiger partial charge in [-0.25, -0.2) is 15.0 Å². The van der Waals surface area contributed by atoms with E-state index in [1.54, 1.807) is 0 Å². The summed E-state index contributed by atoms with van der Waals surface area (Å²) in [5.74, 6) is 1.19. The largest absolute Gasteiger partial charge is 0.368 e. The molecule has 88 valence electrons. The molecule has 17 heavy (non-hydrogen) atoms. The molecule has 0 aliphatic carbocycles. The standard InChI is InChI=1S/C8H11N9/c9-6-15-7(10)17-8(16-6)12-2-1-5-13-3-11-4-14-5/h3-4H,1-2H2,(H5,9,10,12,15,16,17). The monoisotopic (exact) mass is 233 g/mol. The van der Waals surface area contributed by atoms with Gasteiger partial charge in [0.15, 0.2) is 0 Å². The van der Waals surface area contributed by atoms with Crippen molar-refractivity contribution in [1.82, 2.24) is 29.9 Å². The minimum Gasteiger partial charge on any atom is -0.368 e. The van der Waals surface area contributed by atoms with Gasteiger partial charge in [-0.15, -0.1) is 0 Å². The molecule has 0 spiro atoms. The van der Waals surface area contributed by atoms with Crippen molar-refractivity contribution in [2.75, 3.05) is 23.3 Å². The molecule has 0 bridgehead atoms. The van der Waals surface area contributed by atoms with Crippen LogP contribution in [0.25, 0.3) is 0 Å². The Hall–Kier alpha value is -2.58. The Morgan fingerprint density at radius 2 is 1.65 bits per heavy atom. The van der Waals surface area contributed by atoms with Crippen LogP contribution in [0.1, 0.15) is 5.82 Å². The summed E-state index contributed by atoms with van der Waals surface area (Å²) in [4.78, 5) is 23.1. The first kappa shape index (κ1) is 10.9. The summed E-state index contributed by atoms with van der Waals surface area (Å²) in [5, 5.41) is 2.95. The highest BCUT2D eigenvalue weighted by atomic mass is 15.2. The van der Waals surface area contributed by atoms with E-state index in [-0.39, 0.29) is 11.9 Å². The molecule has 0 aromatic carbocycles. The molecule has 5 N–H and O–H groups in total. The van der Waals surface area contributed by atoms with Crippen LogP contribution >= 0.6 is 0 Å². The summed E-state index contributed by atoms with van der Waals surface area (Å²) < 4.78 is 0. The zero-order valence-corrected chi connectivity index (χ0v) is 8.91. The lowest BCUT2D eigenvalue weighted by Crippen LogP contribution is -2.12. The average Bonchev–Trinajstić information content (AvgIpc) is 2.29. The fourth-order valence-electron chi connectivity index (χ4n) is 1.17. The second-order valence-corrected chi connectivity index (χ2v) is 3.11. The van der Waals surface area contributed by atoms with Crippen LogP contribution in [0.4, 0.5) is 17.8 Å². The molecule has 2 rings (SSSR count). The number of nitrogens with two attached hydrogens (primary N) is 2. The molecule has 0 aliphatic rings. The van der Waals surface area contributed by atoms with E-state index in [1.807, 2.05) is 0 Å². The normalized spacial score (nSPS) is 10.1. The molecule has 9 nitrogen and oxygen atoms in total. The molecule has 0 amide bonds. The molecule has 0 atom stereocenters. The van der Waals surface area contributed by atoms with Crippen LogP contribution in [0.15, 0.2) is 12.7 Å². The first-order valence-corrected chi connectivity index (χ1v) is 4.86. The minimum absolute atomic E-state index is 0.0835. The van der Waals surface area contributed by atoms with Crippen LogP contribution in [0.2, 0.25) is 0 Å². The van der Waals surface area contributed by atoms with Crippen LogP contribution in [0.5, 0.6) is 0 Å². The molecule has 0 saturated heterocycles. The van der Waals surface area contributed by atoms with Gasteiger partial charge in [-0.3, -0.25) is 0 Å². The summed E-state index contributed by atoms with van der Waals surface area (Å²) in [6.45, 7) is 0.562. The Morgan fingerprint density at radius 1 is 1.00 bits per heavy atom. The SMILES string of the molecule is Nc1nc(N)nc(NCCc2ncncn2)n1. The Morgan fingerprint density at radius 3 is 2.29 bits per heavy atom. The van der Waals surface area contributed by atoms with E-state index in [9.17, 15) is 0 Å². The number of nitrogen functional groups attached to an aromatic ring is 2. The van der Waals surface area contributed by atoms with Gasteiger partial charge in [0.2, 0.25) is 17.8 Å². The van der Waals surface area contributed by atoms with Crippen molar-refractivity contribution >= 4 is 17.8 Å². The molecule has 0 saturated carbocycles. The molecule has 2 aromatic rings. The smallest absolute Gasteiger partial charge is 0.229 e. The predicted molar refractivity (Wildman–Crippen MR) is 60.7 cm³/mol. The lowest BCUT2D eigenvalue weighted by Gasteiger charge is -2.04. The second kappa shape index (κ2) is 4.96. The number of hydrogen-bond donors (Lipinski definition) is 3. The van der Waals surface area contributed by atoms with Crippen molar-refractivity contribution in [1.29, 1.82) is 0 Å². The van der Waals surface area contributed by atoms with Crippen LogP contribution in [-0.4, -0.2) is 36.4 Å². The lowest BCUT2D eigenvalue weighted by molar-refractivity contribution is 0.856. The molecular weight excluding hydrogens is 222 g/mol. The number of nitrogens with one attached hydrogen (secondary N) is 1.